The number of hydrogen-bond donors (Lipinski definition) is 0. The van der Waals surface area contributed by atoms with E-state index in [1.54, 1.807) is 11.6 Å². The van der Waals surface area contributed by atoms with Gasteiger partial charge in [0.1, 0.15) is 5.75 Å². The zero-order valence-corrected chi connectivity index (χ0v) is 13.3. The number of hydrogen-bond acceptors (Lipinski definition) is 4. The summed E-state index contributed by atoms with van der Waals surface area (Å²) in [5, 5.41) is 4.57. The minimum Gasteiger partial charge on any atom is -0.466 e. The Morgan fingerprint density at radius 3 is 2.90 bits per heavy atom. The Hall–Kier alpha value is -1.92. The number of halogens is 1. The summed E-state index contributed by atoms with van der Waals surface area (Å²) in [5.41, 5.74) is 3.61. The molecule has 5 nitrogen and oxygen atoms in total. The highest BCUT2D eigenvalue weighted by Gasteiger charge is 2.07. The number of ether oxygens (including phenoxy) is 2. The normalized spacial score (nSPS) is 11.0. The van der Waals surface area contributed by atoms with E-state index in [1.807, 2.05) is 43.5 Å². The summed E-state index contributed by atoms with van der Waals surface area (Å²) in [6, 6.07) is 9.76. The van der Waals surface area contributed by atoms with Crippen molar-refractivity contribution in [3.8, 4) is 17.0 Å². The molecule has 0 amide bonds. The van der Waals surface area contributed by atoms with E-state index in [4.69, 9.17) is 9.47 Å². The molecule has 2 aromatic heterocycles. The van der Waals surface area contributed by atoms with E-state index in [0.29, 0.717) is 0 Å². The molecule has 108 valence electrons. The first-order valence-corrected chi connectivity index (χ1v) is 7.21. The molecule has 3 aromatic rings. The molecule has 0 bridgehead atoms. The number of aryl methyl sites for hydroxylation is 1. The summed E-state index contributed by atoms with van der Waals surface area (Å²) in [5.74, 6) is 0.720. The van der Waals surface area contributed by atoms with E-state index in [1.165, 1.54) is 0 Å². The van der Waals surface area contributed by atoms with E-state index < -0.39 is 0 Å². The van der Waals surface area contributed by atoms with Gasteiger partial charge in [-0.2, -0.15) is 5.10 Å². The number of imidazole rings is 1. The zero-order valence-electron chi connectivity index (χ0n) is 11.7. The van der Waals surface area contributed by atoms with Crippen LogP contribution in [0.2, 0.25) is 0 Å². The van der Waals surface area contributed by atoms with Gasteiger partial charge in [-0.3, -0.25) is 0 Å². The Morgan fingerprint density at radius 2 is 2.10 bits per heavy atom. The summed E-state index contributed by atoms with van der Waals surface area (Å²) in [7, 11) is 1.59. The van der Waals surface area contributed by atoms with Crippen molar-refractivity contribution in [1.29, 1.82) is 0 Å². The van der Waals surface area contributed by atoms with Crippen LogP contribution in [0.3, 0.4) is 0 Å². The maximum Gasteiger partial charge on any atom is 0.188 e. The van der Waals surface area contributed by atoms with E-state index in [9.17, 15) is 0 Å². The van der Waals surface area contributed by atoms with Gasteiger partial charge in [-0.25, -0.2) is 9.50 Å². The summed E-state index contributed by atoms with van der Waals surface area (Å²) in [6.07, 6.45) is 1.90. The third-order valence-electron chi connectivity index (χ3n) is 3.00. The molecule has 0 N–H and O–H groups in total. The van der Waals surface area contributed by atoms with Crippen LogP contribution in [0.15, 0.2) is 41.0 Å². The molecule has 0 saturated heterocycles. The minimum absolute atomic E-state index is 0.204. The lowest BCUT2D eigenvalue weighted by Crippen LogP contribution is -2.00. The highest BCUT2D eigenvalue weighted by molar-refractivity contribution is 9.10. The fourth-order valence-corrected chi connectivity index (χ4v) is 2.41. The Bertz CT molecular complexity index is 786. The Morgan fingerprint density at radius 1 is 1.24 bits per heavy atom. The van der Waals surface area contributed by atoms with Gasteiger partial charge in [0, 0.05) is 12.7 Å². The molecule has 0 aliphatic heterocycles. The molecule has 0 fully saturated rings. The zero-order chi connectivity index (χ0) is 14.8. The van der Waals surface area contributed by atoms with Gasteiger partial charge in [-0.05, 0) is 47.1 Å². The van der Waals surface area contributed by atoms with E-state index in [0.717, 1.165) is 32.8 Å². The van der Waals surface area contributed by atoms with Gasteiger partial charge in [0.15, 0.2) is 12.4 Å². The van der Waals surface area contributed by atoms with Gasteiger partial charge in [-0.15, -0.1) is 0 Å². The lowest BCUT2D eigenvalue weighted by Gasteiger charge is -2.09. The van der Waals surface area contributed by atoms with Crippen molar-refractivity contribution < 1.29 is 9.47 Å². The van der Waals surface area contributed by atoms with Crippen LogP contribution in [0.5, 0.6) is 5.75 Å². The van der Waals surface area contributed by atoms with Crippen molar-refractivity contribution in [2.45, 2.75) is 6.92 Å². The average molecular weight is 348 g/mol. The van der Waals surface area contributed by atoms with Crippen LogP contribution in [0.4, 0.5) is 0 Å². The Kier molecular flexibility index (Phi) is 3.90. The molecule has 0 aliphatic carbocycles. The predicted molar refractivity (Wildman–Crippen MR) is 83.4 cm³/mol. The minimum atomic E-state index is 0.204. The van der Waals surface area contributed by atoms with Crippen molar-refractivity contribution in [3.63, 3.8) is 0 Å². The molecule has 6 heteroatoms. The molecule has 0 atom stereocenters. The molecule has 0 radical (unpaired) electrons. The van der Waals surface area contributed by atoms with Gasteiger partial charge in [0.2, 0.25) is 0 Å². The summed E-state index contributed by atoms with van der Waals surface area (Å²) >= 11 is 3.46. The molecule has 0 spiro atoms. The van der Waals surface area contributed by atoms with Gasteiger partial charge in [-0.1, -0.05) is 6.07 Å². The number of rotatable bonds is 4. The van der Waals surface area contributed by atoms with Crippen LogP contribution in [0, 0.1) is 6.92 Å². The number of aromatic nitrogens is 3. The second kappa shape index (κ2) is 5.83. The number of benzene rings is 1. The Balaban J connectivity index is 2.00. The van der Waals surface area contributed by atoms with Crippen molar-refractivity contribution in [3.05, 3.63) is 46.7 Å². The molecule has 0 saturated carbocycles. The molecule has 3 rings (SSSR count). The first-order valence-electron chi connectivity index (χ1n) is 6.42. The van der Waals surface area contributed by atoms with Gasteiger partial charge in [0.05, 0.1) is 22.1 Å². The number of nitrogens with zero attached hydrogens (tertiary/aromatic N) is 3. The van der Waals surface area contributed by atoms with Crippen LogP contribution >= 0.6 is 15.9 Å². The SMILES string of the molecule is COCOc1cc(-c2ccc3nc(C)cn3n2)ccc1Br. The van der Waals surface area contributed by atoms with Crippen LogP contribution < -0.4 is 4.74 Å². The van der Waals surface area contributed by atoms with Gasteiger partial charge >= 0.3 is 0 Å². The average Bonchev–Trinajstić information content (AvgIpc) is 2.85. The molecule has 1 aromatic carbocycles. The lowest BCUT2D eigenvalue weighted by atomic mass is 10.1. The third kappa shape index (κ3) is 2.91. The van der Waals surface area contributed by atoms with Crippen LogP contribution in [-0.4, -0.2) is 28.5 Å². The molecule has 21 heavy (non-hydrogen) atoms. The Labute approximate surface area is 130 Å². The number of methoxy groups -OCH3 is 1. The summed E-state index contributed by atoms with van der Waals surface area (Å²) in [4.78, 5) is 4.37. The maximum absolute atomic E-state index is 5.52. The highest BCUT2D eigenvalue weighted by Crippen LogP contribution is 2.30. The molecular weight excluding hydrogens is 334 g/mol. The van der Waals surface area contributed by atoms with Crippen molar-refractivity contribution in [2.24, 2.45) is 0 Å². The fourth-order valence-electron chi connectivity index (χ4n) is 2.05. The largest absolute Gasteiger partial charge is 0.466 e. The van der Waals surface area contributed by atoms with Crippen molar-refractivity contribution in [1.82, 2.24) is 14.6 Å². The van der Waals surface area contributed by atoms with Crippen molar-refractivity contribution in [2.75, 3.05) is 13.9 Å². The second-order valence-corrected chi connectivity index (χ2v) is 5.45. The summed E-state index contributed by atoms with van der Waals surface area (Å²) in [6.45, 7) is 2.15. The second-order valence-electron chi connectivity index (χ2n) is 4.60. The van der Waals surface area contributed by atoms with E-state index in [-0.39, 0.29) is 6.79 Å². The topological polar surface area (TPSA) is 48.7 Å². The summed E-state index contributed by atoms with van der Waals surface area (Å²) < 4.78 is 13.1. The first kappa shape index (κ1) is 14.0. The quantitative estimate of drug-likeness (QED) is 0.678. The highest BCUT2D eigenvalue weighted by atomic mass is 79.9. The standard InChI is InChI=1S/C15H14BrN3O2/c1-10-8-19-15(17-10)6-5-13(18-19)11-3-4-12(16)14(7-11)21-9-20-2/h3-8H,9H2,1-2H3. The molecule has 0 unspecified atom stereocenters. The third-order valence-corrected chi connectivity index (χ3v) is 3.65. The van der Waals surface area contributed by atoms with Gasteiger partial charge in [0.25, 0.3) is 0 Å². The number of fused-ring (bicyclic) bond motifs is 1. The van der Waals surface area contributed by atoms with E-state index >= 15 is 0 Å². The van der Waals surface area contributed by atoms with Crippen LogP contribution in [0.25, 0.3) is 16.9 Å². The fraction of sp³-hybridized carbons (Fsp3) is 0.200. The van der Waals surface area contributed by atoms with Crippen molar-refractivity contribution >= 4 is 21.6 Å². The van der Waals surface area contributed by atoms with Crippen LogP contribution in [0.1, 0.15) is 5.69 Å². The first-order chi connectivity index (χ1) is 10.2. The van der Waals surface area contributed by atoms with Crippen LogP contribution in [-0.2, 0) is 4.74 Å². The molecule has 0 aliphatic rings. The van der Waals surface area contributed by atoms with E-state index in [2.05, 4.69) is 26.0 Å². The predicted octanol–water partition coefficient (Wildman–Crippen LogP) is 3.45. The van der Waals surface area contributed by atoms with Gasteiger partial charge < -0.3 is 9.47 Å². The monoisotopic (exact) mass is 347 g/mol. The lowest BCUT2D eigenvalue weighted by molar-refractivity contribution is 0.0506. The maximum atomic E-state index is 5.52. The molecule has 2 heterocycles. The molecular formula is C15H14BrN3O2. The smallest absolute Gasteiger partial charge is 0.188 e.